The first kappa shape index (κ1) is 20.4. The van der Waals surface area contributed by atoms with E-state index in [1.54, 1.807) is 21.0 Å². The monoisotopic (exact) mass is 313 g/mol. The van der Waals surface area contributed by atoms with E-state index in [0.717, 1.165) is 0 Å². The molecule has 0 aliphatic rings. The van der Waals surface area contributed by atoms with Crippen LogP contribution >= 0.6 is 0 Å². The van der Waals surface area contributed by atoms with E-state index in [4.69, 9.17) is 5.73 Å². The number of amides is 3. The maximum atomic E-state index is 12.5. The zero-order valence-corrected chi connectivity index (χ0v) is 14.9. The molecule has 22 heavy (non-hydrogen) atoms. The molecule has 0 rings (SSSR count). The number of likely N-dealkylation sites (N-methyl/N-ethyl adjacent to an activating group) is 2. The van der Waals surface area contributed by atoms with Crippen molar-refractivity contribution in [2.24, 2.45) is 17.6 Å². The Morgan fingerprint density at radius 1 is 0.909 bits per heavy atom. The highest BCUT2D eigenvalue weighted by atomic mass is 16.2. The SMILES string of the molecule is CC(C)CC(=O)N(C)[C@H](C)C(=O)N(C)[C@@H](CC(C)C)C(N)=O. The summed E-state index contributed by atoms with van der Waals surface area (Å²) in [5.41, 5.74) is 5.41. The quantitative estimate of drug-likeness (QED) is 0.731. The van der Waals surface area contributed by atoms with E-state index in [9.17, 15) is 14.4 Å². The summed E-state index contributed by atoms with van der Waals surface area (Å²) in [5.74, 6) is -0.404. The summed E-state index contributed by atoms with van der Waals surface area (Å²) in [6.45, 7) is 9.52. The molecule has 0 radical (unpaired) electrons. The maximum absolute atomic E-state index is 12.5. The van der Waals surface area contributed by atoms with Gasteiger partial charge in [0.2, 0.25) is 17.7 Å². The van der Waals surface area contributed by atoms with Crippen molar-refractivity contribution in [1.82, 2.24) is 9.80 Å². The molecule has 128 valence electrons. The van der Waals surface area contributed by atoms with Crippen molar-refractivity contribution in [3.63, 3.8) is 0 Å². The predicted octanol–water partition coefficient (Wildman–Crippen LogP) is 1.24. The third-order valence-corrected chi connectivity index (χ3v) is 3.75. The number of hydrogen-bond donors (Lipinski definition) is 1. The second kappa shape index (κ2) is 8.76. The third-order valence-electron chi connectivity index (χ3n) is 3.75. The van der Waals surface area contributed by atoms with Gasteiger partial charge in [0.05, 0.1) is 0 Å². The number of nitrogens with two attached hydrogens (primary N) is 1. The molecule has 0 aliphatic heterocycles. The molecular weight excluding hydrogens is 282 g/mol. The Morgan fingerprint density at radius 2 is 1.41 bits per heavy atom. The van der Waals surface area contributed by atoms with Gasteiger partial charge < -0.3 is 15.5 Å². The minimum Gasteiger partial charge on any atom is -0.368 e. The molecule has 3 amide bonds. The van der Waals surface area contributed by atoms with Gasteiger partial charge in [-0.25, -0.2) is 0 Å². The molecule has 2 atom stereocenters. The highest BCUT2D eigenvalue weighted by Gasteiger charge is 2.31. The number of rotatable bonds is 8. The number of primary amides is 1. The van der Waals surface area contributed by atoms with Crippen LogP contribution in [0.2, 0.25) is 0 Å². The second-order valence-electron chi connectivity index (χ2n) is 6.78. The number of carbonyl (C=O) groups is 3. The molecule has 0 aliphatic carbocycles. The van der Waals surface area contributed by atoms with Crippen LogP contribution in [-0.4, -0.2) is 53.7 Å². The van der Waals surface area contributed by atoms with Gasteiger partial charge in [0.15, 0.2) is 0 Å². The van der Waals surface area contributed by atoms with Crippen LogP contribution in [0.25, 0.3) is 0 Å². The molecule has 0 heterocycles. The molecule has 2 N–H and O–H groups in total. The molecule has 0 bridgehead atoms. The minimum atomic E-state index is -0.649. The Labute approximate surface area is 134 Å². The summed E-state index contributed by atoms with van der Waals surface area (Å²) in [6.07, 6.45) is 0.900. The van der Waals surface area contributed by atoms with E-state index in [2.05, 4.69) is 0 Å². The van der Waals surface area contributed by atoms with Gasteiger partial charge in [-0.15, -0.1) is 0 Å². The molecule has 0 unspecified atom stereocenters. The minimum absolute atomic E-state index is 0.0799. The lowest BCUT2D eigenvalue weighted by atomic mass is 10.0. The highest BCUT2D eigenvalue weighted by molar-refractivity contribution is 5.91. The van der Waals surface area contributed by atoms with E-state index in [0.29, 0.717) is 12.8 Å². The molecule has 0 fully saturated rings. The van der Waals surface area contributed by atoms with E-state index < -0.39 is 18.0 Å². The first-order valence-corrected chi connectivity index (χ1v) is 7.80. The Morgan fingerprint density at radius 3 is 1.77 bits per heavy atom. The molecule has 0 aromatic carbocycles. The van der Waals surface area contributed by atoms with Crippen molar-refractivity contribution in [3.8, 4) is 0 Å². The van der Waals surface area contributed by atoms with E-state index in [1.807, 2.05) is 27.7 Å². The van der Waals surface area contributed by atoms with Crippen LogP contribution in [0.1, 0.15) is 47.5 Å². The summed E-state index contributed by atoms with van der Waals surface area (Å²) >= 11 is 0. The van der Waals surface area contributed by atoms with Gasteiger partial charge in [-0.1, -0.05) is 27.7 Å². The van der Waals surface area contributed by atoms with Crippen LogP contribution in [0, 0.1) is 11.8 Å². The van der Waals surface area contributed by atoms with E-state index in [1.165, 1.54) is 9.80 Å². The largest absolute Gasteiger partial charge is 0.368 e. The topological polar surface area (TPSA) is 83.7 Å². The summed E-state index contributed by atoms with van der Waals surface area (Å²) in [5, 5.41) is 0. The Bertz CT molecular complexity index is 407. The summed E-state index contributed by atoms with van der Waals surface area (Å²) in [4.78, 5) is 39.0. The van der Waals surface area contributed by atoms with Crippen LogP contribution in [0.4, 0.5) is 0 Å². The van der Waals surface area contributed by atoms with Crippen LogP contribution < -0.4 is 5.73 Å². The third kappa shape index (κ3) is 6.03. The standard InChI is InChI=1S/C16H31N3O3/c1-10(2)8-13(15(17)21)19(7)16(22)12(5)18(6)14(20)9-11(3)4/h10-13H,8-9H2,1-7H3,(H2,17,21)/t12-,13+/m1/s1. The Hall–Kier alpha value is -1.59. The summed E-state index contributed by atoms with van der Waals surface area (Å²) < 4.78 is 0. The second-order valence-corrected chi connectivity index (χ2v) is 6.78. The lowest BCUT2D eigenvalue weighted by molar-refractivity contribution is -0.146. The summed E-state index contributed by atoms with van der Waals surface area (Å²) in [6, 6.07) is -1.27. The molecule has 6 nitrogen and oxygen atoms in total. The van der Waals surface area contributed by atoms with Crippen LogP contribution in [-0.2, 0) is 14.4 Å². The van der Waals surface area contributed by atoms with Crippen molar-refractivity contribution in [1.29, 1.82) is 0 Å². The van der Waals surface area contributed by atoms with Gasteiger partial charge in [0.1, 0.15) is 12.1 Å². The fourth-order valence-corrected chi connectivity index (χ4v) is 2.23. The summed E-state index contributed by atoms with van der Waals surface area (Å²) in [7, 11) is 3.18. The normalized spacial score (nSPS) is 13.9. The number of nitrogens with zero attached hydrogens (tertiary/aromatic N) is 2. The van der Waals surface area contributed by atoms with Gasteiger partial charge >= 0.3 is 0 Å². The molecule has 0 aromatic rings. The average Bonchev–Trinajstić information content (AvgIpc) is 2.40. The van der Waals surface area contributed by atoms with Crippen molar-refractivity contribution in [2.45, 2.75) is 59.5 Å². The molecule has 6 heteroatoms. The zero-order chi connectivity index (χ0) is 17.6. The smallest absolute Gasteiger partial charge is 0.245 e. The molecule has 0 spiro atoms. The van der Waals surface area contributed by atoms with Gasteiger partial charge in [0, 0.05) is 20.5 Å². The first-order valence-electron chi connectivity index (χ1n) is 7.80. The van der Waals surface area contributed by atoms with Crippen molar-refractivity contribution in [2.75, 3.05) is 14.1 Å². The molecular formula is C16H31N3O3. The lowest BCUT2D eigenvalue weighted by Crippen LogP contribution is -2.53. The van der Waals surface area contributed by atoms with E-state index >= 15 is 0 Å². The first-order chi connectivity index (χ1) is 9.98. The lowest BCUT2D eigenvalue weighted by Gasteiger charge is -2.32. The van der Waals surface area contributed by atoms with Gasteiger partial charge in [-0.2, -0.15) is 0 Å². The van der Waals surface area contributed by atoms with Crippen molar-refractivity contribution in [3.05, 3.63) is 0 Å². The fourth-order valence-electron chi connectivity index (χ4n) is 2.23. The van der Waals surface area contributed by atoms with Crippen molar-refractivity contribution < 1.29 is 14.4 Å². The number of hydrogen-bond acceptors (Lipinski definition) is 3. The maximum Gasteiger partial charge on any atom is 0.245 e. The molecule has 0 saturated carbocycles. The number of carbonyl (C=O) groups excluding carboxylic acids is 3. The van der Waals surface area contributed by atoms with Crippen LogP contribution in [0.3, 0.4) is 0 Å². The molecule has 0 aromatic heterocycles. The zero-order valence-electron chi connectivity index (χ0n) is 14.9. The van der Waals surface area contributed by atoms with Gasteiger partial charge in [0.25, 0.3) is 0 Å². The average molecular weight is 313 g/mol. The fraction of sp³-hybridized carbons (Fsp3) is 0.812. The Balaban J connectivity index is 4.97. The van der Waals surface area contributed by atoms with Crippen molar-refractivity contribution >= 4 is 17.7 Å². The van der Waals surface area contributed by atoms with Gasteiger partial charge in [-0.3, -0.25) is 14.4 Å². The van der Waals surface area contributed by atoms with Crippen LogP contribution in [0.15, 0.2) is 0 Å². The van der Waals surface area contributed by atoms with E-state index in [-0.39, 0.29) is 23.7 Å². The molecule has 0 saturated heterocycles. The predicted molar refractivity (Wildman–Crippen MR) is 86.9 cm³/mol. The van der Waals surface area contributed by atoms with Gasteiger partial charge in [-0.05, 0) is 25.2 Å². The Kier molecular flexibility index (Phi) is 8.12. The highest BCUT2D eigenvalue weighted by Crippen LogP contribution is 2.14. The van der Waals surface area contributed by atoms with Crippen LogP contribution in [0.5, 0.6) is 0 Å².